The van der Waals surface area contributed by atoms with Crippen LogP contribution in [0.25, 0.3) is 10.9 Å². The summed E-state index contributed by atoms with van der Waals surface area (Å²) in [7, 11) is 0. The summed E-state index contributed by atoms with van der Waals surface area (Å²) in [6, 6.07) is 17.0. The summed E-state index contributed by atoms with van der Waals surface area (Å²) in [5, 5.41) is 4.62. The highest BCUT2D eigenvalue weighted by Crippen LogP contribution is 2.33. The number of rotatable bonds is 5. The van der Waals surface area contributed by atoms with E-state index in [9.17, 15) is 0 Å². The minimum atomic E-state index is 0.0226. The average molecular weight is 416 g/mol. The van der Waals surface area contributed by atoms with Gasteiger partial charge in [0.05, 0.1) is 24.3 Å². The Hall–Kier alpha value is -2.96. The van der Waals surface area contributed by atoms with Gasteiger partial charge < -0.3 is 15.0 Å². The first-order chi connectivity index (χ1) is 15.1. The van der Waals surface area contributed by atoms with E-state index in [1.165, 1.54) is 5.56 Å². The standard InChI is InChI=1S/C25H29N5O/c1-19(20-6-4-3-5-7-20)28-24-22-16-21(8-9-23(22)26-18-27-24)29-11-10-25(2,17-29)30-12-14-31-15-13-30/h3-11,16,18-19H,12-15,17H2,1-2H3,(H,26,27,28). The number of morpholine rings is 1. The lowest BCUT2D eigenvalue weighted by molar-refractivity contribution is 0.00385. The van der Waals surface area contributed by atoms with E-state index in [0.29, 0.717) is 0 Å². The number of hydrogen-bond donors (Lipinski definition) is 1. The van der Waals surface area contributed by atoms with Gasteiger partial charge in [-0.3, -0.25) is 4.90 Å². The van der Waals surface area contributed by atoms with Gasteiger partial charge in [0.2, 0.25) is 0 Å². The normalized spacial score (nSPS) is 22.7. The Morgan fingerprint density at radius 3 is 2.68 bits per heavy atom. The van der Waals surface area contributed by atoms with Gasteiger partial charge in [-0.05, 0) is 43.7 Å². The minimum Gasteiger partial charge on any atom is -0.379 e. The van der Waals surface area contributed by atoms with Crippen LogP contribution in [0.1, 0.15) is 25.5 Å². The van der Waals surface area contributed by atoms with Crippen LogP contribution >= 0.6 is 0 Å². The van der Waals surface area contributed by atoms with Crippen molar-refractivity contribution in [3.63, 3.8) is 0 Å². The molecule has 1 N–H and O–H groups in total. The molecule has 2 unspecified atom stereocenters. The molecule has 0 spiro atoms. The van der Waals surface area contributed by atoms with E-state index in [2.05, 4.69) is 93.7 Å². The van der Waals surface area contributed by atoms with Crippen molar-refractivity contribution in [2.24, 2.45) is 0 Å². The monoisotopic (exact) mass is 415 g/mol. The van der Waals surface area contributed by atoms with E-state index in [0.717, 1.165) is 55.3 Å². The summed E-state index contributed by atoms with van der Waals surface area (Å²) in [5.74, 6) is 0.863. The Morgan fingerprint density at radius 2 is 1.87 bits per heavy atom. The van der Waals surface area contributed by atoms with Crippen LogP contribution in [0, 0.1) is 0 Å². The number of nitrogens with one attached hydrogen (secondary N) is 1. The van der Waals surface area contributed by atoms with Gasteiger partial charge in [-0.25, -0.2) is 9.97 Å². The molecule has 1 saturated heterocycles. The van der Waals surface area contributed by atoms with Crippen molar-refractivity contribution >= 4 is 22.4 Å². The number of nitrogens with zero attached hydrogens (tertiary/aromatic N) is 4. The molecule has 0 aliphatic carbocycles. The molecule has 3 aromatic rings. The summed E-state index contributed by atoms with van der Waals surface area (Å²) < 4.78 is 5.54. The molecular weight excluding hydrogens is 386 g/mol. The number of benzene rings is 2. The van der Waals surface area contributed by atoms with Gasteiger partial charge in [0.15, 0.2) is 0 Å². The van der Waals surface area contributed by atoms with E-state index < -0.39 is 0 Å². The second-order valence-electron chi connectivity index (χ2n) is 8.60. The van der Waals surface area contributed by atoms with Gasteiger partial charge >= 0.3 is 0 Å². The van der Waals surface area contributed by atoms with E-state index in [1.807, 2.05) is 6.07 Å². The molecule has 5 rings (SSSR count). The molecular formula is C25H29N5O. The zero-order chi connectivity index (χ0) is 21.3. The lowest BCUT2D eigenvalue weighted by Crippen LogP contribution is -2.53. The fraction of sp³-hybridized carbons (Fsp3) is 0.360. The highest BCUT2D eigenvalue weighted by atomic mass is 16.5. The van der Waals surface area contributed by atoms with Gasteiger partial charge in [0, 0.05) is 42.9 Å². The van der Waals surface area contributed by atoms with E-state index >= 15 is 0 Å². The molecule has 2 atom stereocenters. The molecule has 0 radical (unpaired) electrons. The average Bonchev–Trinajstić information content (AvgIpc) is 3.23. The summed E-state index contributed by atoms with van der Waals surface area (Å²) in [5.41, 5.74) is 3.36. The quantitative estimate of drug-likeness (QED) is 0.673. The van der Waals surface area contributed by atoms with Crippen LogP contribution in [-0.2, 0) is 4.74 Å². The number of ether oxygens (including phenoxy) is 1. The third-order valence-electron chi connectivity index (χ3n) is 6.44. The van der Waals surface area contributed by atoms with Crippen LogP contribution in [0.15, 0.2) is 67.1 Å². The third-order valence-corrected chi connectivity index (χ3v) is 6.44. The van der Waals surface area contributed by atoms with Crippen LogP contribution < -0.4 is 10.2 Å². The maximum Gasteiger partial charge on any atom is 0.137 e. The molecule has 3 heterocycles. The predicted molar refractivity (Wildman–Crippen MR) is 125 cm³/mol. The second kappa shape index (κ2) is 8.29. The highest BCUT2D eigenvalue weighted by Gasteiger charge is 2.36. The van der Waals surface area contributed by atoms with Crippen LogP contribution in [0.4, 0.5) is 11.5 Å². The van der Waals surface area contributed by atoms with Crippen molar-refractivity contribution in [2.45, 2.75) is 25.4 Å². The largest absolute Gasteiger partial charge is 0.379 e. The first-order valence-corrected chi connectivity index (χ1v) is 11.0. The molecule has 0 amide bonds. The Morgan fingerprint density at radius 1 is 1.06 bits per heavy atom. The second-order valence-corrected chi connectivity index (χ2v) is 8.60. The molecule has 2 aromatic carbocycles. The molecule has 31 heavy (non-hydrogen) atoms. The zero-order valence-electron chi connectivity index (χ0n) is 18.2. The Balaban J connectivity index is 1.40. The van der Waals surface area contributed by atoms with Crippen LogP contribution in [0.5, 0.6) is 0 Å². The lowest BCUT2D eigenvalue weighted by atomic mass is 10.0. The number of hydrogen-bond acceptors (Lipinski definition) is 6. The molecule has 0 saturated carbocycles. The first kappa shape index (κ1) is 20.0. The van der Waals surface area contributed by atoms with E-state index in [-0.39, 0.29) is 11.6 Å². The smallest absolute Gasteiger partial charge is 0.137 e. The van der Waals surface area contributed by atoms with Crippen LogP contribution in [0.2, 0.25) is 0 Å². The summed E-state index contributed by atoms with van der Waals surface area (Å²) in [4.78, 5) is 13.9. The van der Waals surface area contributed by atoms with Crippen molar-refractivity contribution in [3.8, 4) is 0 Å². The van der Waals surface area contributed by atoms with E-state index in [1.54, 1.807) is 6.33 Å². The predicted octanol–water partition coefficient (Wildman–Crippen LogP) is 4.23. The molecule has 2 aliphatic heterocycles. The number of fused-ring (bicyclic) bond motifs is 1. The van der Waals surface area contributed by atoms with Crippen molar-refractivity contribution in [2.75, 3.05) is 43.1 Å². The lowest BCUT2D eigenvalue weighted by Gasteiger charge is -2.40. The molecule has 2 aliphatic rings. The van der Waals surface area contributed by atoms with Gasteiger partial charge in [-0.1, -0.05) is 30.3 Å². The maximum atomic E-state index is 5.54. The topological polar surface area (TPSA) is 53.5 Å². The summed E-state index contributed by atoms with van der Waals surface area (Å²) in [6.07, 6.45) is 6.16. The van der Waals surface area contributed by atoms with Crippen molar-refractivity contribution in [1.29, 1.82) is 0 Å². The Bertz CT molecular complexity index is 1080. The van der Waals surface area contributed by atoms with Crippen molar-refractivity contribution < 1.29 is 4.74 Å². The number of anilines is 2. The van der Waals surface area contributed by atoms with Crippen molar-refractivity contribution in [3.05, 3.63) is 72.7 Å². The Kier molecular flexibility index (Phi) is 5.34. The maximum absolute atomic E-state index is 5.54. The van der Waals surface area contributed by atoms with Crippen LogP contribution in [-0.4, -0.2) is 53.3 Å². The van der Waals surface area contributed by atoms with Crippen LogP contribution in [0.3, 0.4) is 0 Å². The summed E-state index contributed by atoms with van der Waals surface area (Å²) in [6.45, 7) is 8.97. The fourth-order valence-electron chi connectivity index (χ4n) is 4.53. The Labute approximate surface area is 183 Å². The number of aromatic nitrogens is 2. The molecule has 1 aromatic heterocycles. The van der Waals surface area contributed by atoms with Gasteiger partial charge in [-0.2, -0.15) is 0 Å². The molecule has 6 heteroatoms. The van der Waals surface area contributed by atoms with Crippen molar-refractivity contribution in [1.82, 2.24) is 14.9 Å². The summed E-state index contributed by atoms with van der Waals surface area (Å²) >= 11 is 0. The first-order valence-electron chi connectivity index (χ1n) is 11.0. The molecule has 1 fully saturated rings. The highest BCUT2D eigenvalue weighted by molar-refractivity contribution is 5.92. The molecule has 160 valence electrons. The minimum absolute atomic E-state index is 0.0226. The van der Waals surface area contributed by atoms with E-state index in [4.69, 9.17) is 4.74 Å². The fourth-order valence-corrected chi connectivity index (χ4v) is 4.53. The zero-order valence-corrected chi connectivity index (χ0v) is 18.2. The SMILES string of the molecule is CC(Nc1ncnc2ccc(N3C=CC(C)(N4CCOCC4)C3)cc12)c1ccccc1. The van der Waals surface area contributed by atoms with Gasteiger partial charge in [-0.15, -0.1) is 0 Å². The molecule has 6 nitrogen and oxygen atoms in total. The molecule has 0 bridgehead atoms. The van der Waals surface area contributed by atoms with Gasteiger partial charge in [0.25, 0.3) is 0 Å². The van der Waals surface area contributed by atoms with Gasteiger partial charge in [0.1, 0.15) is 12.1 Å². The third kappa shape index (κ3) is 4.01.